The van der Waals surface area contributed by atoms with Crippen molar-refractivity contribution >= 4 is 23.6 Å². The van der Waals surface area contributed by atoms with Crippen molar-refractivity contribution in [3.63, 3.8) is 0 Å². The zero-order chi connectivity index (χ0) is 22.1. The first-order valence-electron chi connectivity index (χ1n) is 11.3. The number of rotatable bonds is 9. The van der Waals surface area contributed by atoms with Crippen LogP contribution in [0.25, 0.3) is 0 Å². The predicted octanol–water partition coefficient (Wildman–Crippen LogP) is 5.09. The van der Waals surface area contributed by atoms with E-state index < -0.39 is 6.04 Å². The molecule has 0 aliphatic heterocycles. The van der Waals surface area contributed by atoms with Crippen LogP contribution in [0.2, 0.25) is 0 Å². The molecule has 0 heterocycles. The zero-order valence-corrected chi connectivity index (χ0v) is 19.5. The molecular weight excluding hydrogens is 404 g/mol. The highest BCUT2D eigenvalue weighted by atomic mass is 32.2. The molecule has 2 amide bonds. The highest BCUT2D eigenvalue weighted by Gasteiger charge is 2.28. The van der Waals surface area contributed by atoms with Gasteiger partial charge in [0.05, 0.1) is 5.75 Å². The molecule has 31 heavy (non-hydrogen) atoms. The third kappa shape index (κ3) is 7.13. The highest BCUT2D eigenvalue weighted by molar-refractivity contribution is 7.99. The molecule has 0 spiro atoms. The Bertz CT molecular complexity index is 849. The minimum Gasteiger partial charge on any atom is -0.352 e. The van der Waals surface area contributed by atoms with Gasteiger partial charge in [0, 0.05) is 18.3 Å². The largest absolute Gasteiger partial charge is 0.352 e. The van der Waals surface area contributed by atoms with E-state index in [0.29, 0.717) is 12.3 Å². The van der Waals surface area contributed by atoms with Crippen LogP contribution >= 0.6 is 11.8 Å². The van der Waals surface area contributed by atoms with E-state index in [-0.39, 0.29) is 17.9 Å². The van der Waals surface area contributed by atoms with Crippen LogP contribution in [0.15, 0.2) is 54.6 Å². The first-order chi connectivity index (χ1) is 15.0. The second-order valence-corrected chi connectivity index (χ2v) is 9.43. The quantitative estimate of drug-likeness (QED) is 0.593. The van der Waals surface area contributed by atoms with Crippen LogP contribution in [-0.4, -0.2) is 34.6 Å². The van der Waals surface area contributed by atoms with Crippen LogP contribution in [0.5, 0.6) is 0 Å². The van der Waals surface area contributed by atoms with Crippen molar-refractivity contribution in [1.82, 2.24) is 10.2 Å². The van der Waals surface area contributed by atoms with E-state index in [4.69, 9.17) is 0 Å². The molecule has 0 radical (unpaired) electrons. The number of amides is 2. The summed E-state index contributed by atoms with van der Waals surface area (Å²) in [6.07, 6.45) is 5.66. The van der Waals surface area contributed by atoms with Gasteiger partial charge in [0.1, 0.15) is 6.04 Å². The van der Waals surface area contributed by atoms with E-state index in [2.05, 4.69) is 24.4 Å². The summed E-state index contributed by atoms with van der Waals surface area (Å²) in [5.41, 5.74) is 3.53. The molecule has 4 nitrogen and oxygen atoms in total. The van der Waals surface area contributed by atoms with Crippen LogP contribution in [0.3, 0.4) is 0 Å². The summed E-state index contributed by atoms with van der Waals surface area (Å²) in [6.45, 7) is 4.39. The molecule has 2 aromatic rings. The lowest BCUT2D eigenvalue weighted by atomic mass is 9.95. The summed E-state index contributed by atoms with van der Waals surface area (Å²) in [6, 6.07) is 17.9. The number of nitrogens with one attached hydrogen (secondary N) is 1. The molecule has 2 aromatic carbocycles. The molecule has 1 N–H and O–H groups in total. The first-order valence-corrected chi connectivity index (χ1v) is 12.5. The van der Waals surface area contributed by atoms with Crippen LogP contribution in [0, 0.1) is 6.92 Å². The number of aryl methyl sites for hydroxylation is 1. The van der Waals surface area contributed by atoms with Crippen LogP contribution in [0.4, 0.5) is 0 Å². The van der Waals surface area contributed by atoms with Gasteiger partial charge >= 0.3 is 0 Å². The summed E-state index contributed by atoms with van der Waals surface area (Å²) < 4.78 is 0. The van der Waals surface area contributed by atoms with Crippen LogP contribution in [0.1, 0.15) is 55.7 Å². The standard InChI is InChI=1S/C26H34N2O2S/c1-20-11-9-10-14-23(20)18-31-19-25(29)28(17-22-12-5-3-6-13-22)21(2)26(30)27-24-15-7-4-8-16-24/h3,5-6,9-14,21,24H,4,7-8,15-19H2,1-2H3,(H,27,30). The summed E-state index contributed by atoms with van der Waals surface area (Å²) in [4.78, 5) is 27.9. The van der Waals surface area contributed by atoms with E-state index in [9.17, 15) is 9.59 Å². The van der Waals surface area contributed by atoms with Crippen LogP contribution < -0.4 is 5.32 Å². The molecule has 166 valence electrons. The predicted molar refractivity (Wildman–Crippen MR) is 129 cm³/mol. The molecule has 0 aromatic heterocycles. The van der Waals surface area contributed by atoms with E-state index in [1.54, 1.807) is 16.7 Å². The van der Waals surface area contributed by atoms with Gasteiger partial charge in [-0.2, -0.15) is 0 Å². The second kappa shape index (κ2) is 11.9. The molecule has 1 saturated carbocycles. The minimum absolute atomic E-state index is 0.00808. The number of thioether (sulfide) groups is 1. The maximum atomic E-state index is 13.2. The lowest BCUT2D eigenvalue weighted by Crippen LogP contribution is -2.50. The summed E-state index contributed by atoms with van der Waals surface area (Å²) in [5, 5.41) is 3.19. The Labute approximate surface area is 190 Å². The number of benzene rings is 2. The minimum atomic E-state index is -0.492. The molecule has 1 unspecified atom stereocenters. The van der Waals surface area contributed by atoms with Gasteiger partial charge in [-0.3, -0.25) is 9.59 Å². The van der Waals surface area contributed by atoms with E-state index in [1.165, 1.54) is 30.4 Å². The van der Waals surface area contributed by atoms with E-state index >= 15 is 0 Å². The van der Waals surface area contributed by atoms with Crippen molar-refractivity contribution < 1.29 is 9.59 Å². The van der Waals surface area contributed by atoms with Crippen molar-refractivity contribution in [2.75, 3.05) is 5.75 Å². The van der Waals surface area contributed by atoms with Gasteiger partial charge < -0.3 is 10.2 Å². The van der Waals surface area contributed by atoms with Crippen molar-refractivity contribution in [2.45, 2.75) is 70.3 Å². The summed E-state index contributed by atoms with van der Waals surface area (Å²) >= 11 is 1.61. The van der Waals surface area contributed by atoms with Crippen molar-refractivity contribution in [2.24, 2.45) is 0 Å². The SMILES string of the molecule is Cc1ccccc1CSCC(=O)N(Cc1ccccc1)C(C)C(=O)NC1CCCCC1. The van der Waals surface area contributed by atoms with Gasteiger partial charge in [0.2, 0.25) is 11.8 Å². The fourth-order valence-electron chi connectivity index (χ4n) is 4.03. The van der Waals surface area contributed by atoms with Gasteiger partial charge in [-0.05, 0) is 43.4 Å². The lowest BCUT2D eigenvalue weighted by molar-refractivity contribution is -0.139. The molecule has 5 heteroatoms. The van der Waals surface area contributed by atoms with Gasteiger partial charge in [0.25, 0.3) is 0 Å². The van der Waals surface area contributed by atoms with E-state index in [0.717, 1.165) is 24.2 Å². The summed E-state index contributed by atoms with van der Waals surface area (Å²) in [5.74, 6) is 1.12. The fraction of sp³-hybridized carbons (Fsp3) is 0.462. The Morgan fingerprint density at radius 2 is 1.71 bits per heavy atom. The Hall–Kier alpha value is -2.27. The average molecular weight is 439 g/mol. The number of nitrogens with zero attached hydrogens (tertiary/aromatic N) is 1. The Balaban J connectivity index is 1.63. The molecule has 1 aliphatic carbocycles. The average Bonchev–Trinajstić information content (AvgIpc) is 2.79. The number of carbonyl (C=O) groups is 2. The molecule has 1 atom stereocenters. The highest BCUT2D eigenvalue weighted by Crippen LogP contribution is 2.20. The monoisotopic (exact) mass is 438 g/mol. The van der Waals surface area contributed by atoms with E-state index in [1.807, 2.05) is 49.4 Å². The maximum absolute atomic E-state index is 13.2. The molecule has 0 saturated heterocycles. The fourth-order valence-corrected chi connectivity index (χ4v) is 5.02. The normalized spacial score (nSPS) is 15.3. The summed E-state index contributed by atoms with van der Waals surface area (Å²) in [7, 11) is 0. The number of hydrogen-bond acceptors (Lipinski definition) is 3. The lowest BCUT2D eigenvalue weighted by Gasteiger charge is -2.31. The van der Waals surface area contributed by atoms with Crippen molar-refractivity contribution in [1.29, 1.82) is 0 Å². The molecular formula is C26H34N2O2S. The molecule has 3 rings (SSSR count). The third-order valence-corrected chi connectivity index (χ3v) is 7.03. The van der Waals surface area contributed by atoms with Gasteiger partial charge in [-0.25, -0.2) is 0 Å². The smallest absolute Gasteiger partial charge is 0.242 e. The zero-order valence-electron chi connectivity index (χ0n) is 18.7. The second-order valence-electron chi connectivity index (χ2n) is 8.45. The Kier molecular flexibility index (Phi) is 9.01. The number of carbonyl (C=O) groups excluding carboxylic acids is 2. The van der Waals surface area contributed by atoms with Gasteiger partial charge in [-0.15, -0.1) is 11.8 Å². The van der Waals surface area contributed by atoms with Gasteiger partial charge in [0.15, 0.2) is 0 Å². The first kappa shape index (κ1) is 23.4. The van der Waals surface area contributed by atoms with Crippen molar-refractivity contribution in [3.8, 4) is 0 Å². The number of hydrogen-bond donors (Lipinski definition) is 1. The van der Waals surface area contributed by atoms with Crippen LogP contribution in [-0.2, 0) is 21.9 Å². The third-order valence-electron chi connectivity index (χ3n) is 6.06. The van der Waals surface area contributed by atoms with Gasteiger partial charge in [-0.1, -0.05) is 73.9 Å². The molecule has 1 fully saturated rings. The maximum Gasteiger partial charge on any atom is 0.242 e. The van der Waals surface area contributed by atoms with Crippen molar-refractivity contribution in [3.05, 3.63) is 71.3 Å². The Morgan fingerprint density at radius 3 is 2.42 bits per heavy atom. The molecule has 1 aliphatic rings. The Morgan fingerprint density at radius 1 is 1.03 bits per heavy atom. The molecule has 0 bridgehead atoms. The topological polar surface area (TPSA) is 49.4 Å².